The van der Waals surface area contributed by atoms with Gasteiger partial charge in [0, 0.05) is 44.0 Å². The lowest BCUT2D eigenvalue weighted by Crippen LogP contribution is -2.11. The number of hydrogen-bond acceptors (Lipinski definition) is 2. The van der Waals surface area contributed by atoms with Crippen molar-refractivity contribution in [2.45, 2.75) is 0 Å². The molecule has 10 rings (SSSR count). The highest BCUT2D eigenvalue weighted by molar-refractivity contribution is 6.13. The van der Waals surface area contributed by atoms with Crippen LogP contribution in [0.25, 0.3) is 71.3 Å². The van der Waals surface area contributed by atoms with Gasteiger partial charge in [0.25, 0.3) is 0 Å². The van der Waals surface area contributed by atoms with Gasteiger partial charge in [0.2, 0.25) is 0 Å². The van der Waals surface area contributed by atoms with Crippen LogP contribution < -0.4 is 4.90 Å². The Morgan fingerprint density at radius 1 is 0.429 bits per heavy atom. The number of nitrogens with zero attached hydrogens (tertiary/aromatic N) is 2. The van der Waals surface area contributed by atoms with E-state index in [1.54, 1.807) is 0 Å². The second-order valence-corrected chi connectivity index (χ2v) is 12.6. The molecule has 3 nitrogen and oxygen atoms in total. The number of benzene rings is 8. The molecule has 0 N–H and O–H groups in total. The largest absolute Gasteiger partial charge is 0.456 e. The van der Waals surface area contributed by atoms with E-state index in [2.05, 4.69) is 179 Å². The minimum absolute atomic E-state index is 0.897. The molecule has 2 heterocycles. The van der Waals surface area contributed by atoms with Gasteiger partial charge >= 0.3 is 0 Å². The first-order chi connectivity index (χ1) is 24.3. The summed E-state index contributed by atoms with van der Waals surface area (Å²) in [7, 11) is 0. The molecule has 0 spiro atoms. The maximum absolute atomic E-state index is 6.28. The zero-order valence-corrected chi connectivity index (χ0v) is 26.6. The third-order valence-corrected chi connectivity index (χ3v) is 9.75. The Bertz CT molecular complexity index is 2800. The molecule has 0 unspecified atom stereocenters. The van der Waals surface area contributed by atoms with Gasteiger partial charge in [-0.2, -0.15) is 0 Å². The Morgan fingerprint density at radius 3 is 1.84 bits per heavy atom. The van der Waals surface area contributed by atoms with Gasteiger partial charge in [0.05, 0.1) is 16.7 Å². The predicted octanol–water partition coefficient (Wildman–Crippen LogP) is 13.0. The first kappa shape index (κ1) is 27.5. The molecule has 0 aliphatic carbocycles. The lowest BCUT2D eigenvalue weighted by Gasteiger charge is -2.28. The van der Waals surface area contributed by atoms with Gasteiger partial charge in [-0.15, -0.1) is 0 Å². The number of para-hydroxylation sites is 3. The van der Waals surface area contributed by atoms with Crippen molar-refractivity contribution in [1.29, 1.82) is 0 Å². The van der Waals surface area contributed by atoms with Crippen LogP contribution in [0, 0.1) is 0 Å². The lowest BCUT2D eigenvalue weighted by molar-refractivity contribution is 0.669. The van der Waals surface area contributed by atoms with Crippen LogP contribution in [0.1, 0.15) is 0 Å². The summed E-state index contributed by atoms with van der Waals surface area (Å²) in [5.41, 5.74) is 10.9. The van der Waals surface area contributed by atoms with Crippen LogP contribution in [-0.4, -0.2) is 4.57 Å². The molecule has 0 amide bonds. The summed E-state index contributed by atoms with van der Waals surface area (Å²) in [6, 6.07) is 65.0. The SMILES string of the molecule is c1cc(-c2cccc3oc4ccccc4c23)cc(N(c2cccc(-n3c4ccccc4c4ccccc43)c2)c2cccc3ccccc23)c1. The molecular weight excluding hydrogens is 597 g/mol. The molecule has 0 aliphatic heterocycles. The minimum Gasteiger partial charge on any atom is -0.456 e. The average Bonchev–Trinajstić information content (AvgIpc) is 3.71. The molecule has 3 heteroatoms. The van der Waals surface area contributed by atoms with Gasteiger partial charge < -0.3 is 13.9 Å². The monoisotopic (exact) mass is 626 g/mol. The van der Waals surface area contributed by atoms with Crippen LogP contribution in [0.15, 0.2) is 186 Å². The molecule has 0 aliphatic rings. The fourth-order valence-corrected chi connectivity index (χ4v) is 7.63. The zero-order chi connectivity index (χ0) is 32.3. The van der Waals surface area contributed by atoms with Gasteiger partial charge in [-0.05, 0) is 77.2 Å². The number of furan rings is 1. The van der Waals surface area contributed by atoms with Crippen LogP contribution in [-0.2, 0) is 0 Å². The summed E-state index contributed by atoms with van der Waals surface area (Å²) in [5.74, 6) is 0. The number of hydrogen-bond donors (Lipinski definition) is 0. The van der Waals surface area contributed by atoms with E-state index in [0.717, 1.165) is 55.8 Å². The summed E-state index contributed by atoms with van der Waals surface area (Å²) in [6.07, 6.45) is 0. The van der Waals surface area contributed by atoms with E-state index in [9.17, 15) is 0 Å². The second-order valence-electron chi connectivity index (χ2n) is 12.6. The number of aromatic nitrogens is 1. The highest BCUT2D eigenvalue weighted by Crippen LogP contribution is 2.43. The molecule has 10 aromatic rings. The Balaban J connectivity index is 1.21. The standard InChI is InChI=1S/C46H30N2O/c1-2-19-36-31(13-1)14-10-26-41(36)47(33-16-9-15-32(29-33)37-23-12-28-45-46(37)40-22-5-8-27-44(40)49-45)34-17-11-18-35(30-34)48-42-24-6-3-20-38(42)39-21-4-7-25-43(39)48/h1-30H. The Kier molecular flexibility index (Phi) is 6.18. The van der Waals surface area contributed by atoms with Gasteiger partial charge in [-0.25, -0.2) is 0 Å². The third-order valence-electron chi connectivity index (χ3n) is 9.75. The van der Waals surface area contributed by atoms with Gasteiger partial charge in [0.1, 0.15) is 11.2 Å². The average molecular weight is 627 g/mol. The van der Waals surface area contributed by atoms with Gasteiger partial charge in [-0.1, -0.05) is 121 Å². The predicted molar refractivity (Wildman–Crippen MR) is 206 cm³/mol. The van der Waals surface area contributed by atoms with Crippen molar-refractivity contribution in [2.75, 3.05) is 4.90 Å². The van der Waals surface area contributed by atoms with Crippen LogP contribution in [0.2, 0.25) is 0 Å². The Hall–Kier alpha value is -6.58. The molecule has 2 aromatic heterocycles. The maximum Gasteiger partial charge on any atom is 0.136 e. The molecule has 0 saturated heterocycles. The highest BCUT2D eigenvalue weighted by atomic mass is 16.3. The van der Waals surface area contributed by atoms with Crippen molar-refractivity contribution < 1.29 is 4.42 Å². The summed E-state index contributed by atoms with van der Waals surface area (Å²) in [5, 5.41) is 7.17. The molecule has 0 bridgehead atoms. The lowest BCUT2D eigenvalue weighted by atomic mass is 9.98. The fourth-order valence-electron chi connectivity index (χ4n) is 7.63. The summed E-state index contributed by atoms with van der Waals surface area (Å²) < 4.78 is 8.66. The van der Waals surface area contributed by atoms with Crippen LogP contribution in [0.3, 0.4) is 0 Å². The van der Waals surface area contributed by atoms with Crippen molar-refractivity contribution in [1.82, 2.24) is 4.57 Å². The molecule has 0 atom stereocenters. The van der Waals surface area contributed by atoms with Crippen molar-refractivity contribution in [3.63, 3.8) is 0 Å². The van der Waals surface area contributed by atoms with Crippen LogP contribution in [0.4, 0.5) is 17.1 Å². The van der Waals surface area contributed by atoms with E-state index in [-0.39, 0.29) is 0 Å². The van der Waals surface area contributed by atoms with Crippen molar-refractivity contribution in [2.24, 2.45) is 0 Å². The Labute approximate surface area is 283 Å². The molecular formula is C46H30N2O. The second kappa shape index (κ2) is 11.0. The molecule has 0 radical (unpaired) electrons. The maximum atomic E-state index is 6.28. The highest BCUT2D eigenvalue weighted by Gasteiger charge is 2.19. The molecule has 230 valence electrons. The smallest absolute Gasteiger partial charge is 0.136 e. The van der Waals surface area contributed by atoms with Crippen molar-refractivity contribution in [3.05, 3.63) is 182 Å². The van der Waals surface area contributed by atoms with Gasteiger partial charge in [-0.3, -0.25) is 0 Å². The van der Waals surface area contributed by atoms with E-state index in [1.807, 2.05) is 12.1 Å². The van der Waals surface area contributed by atoms with E-state index in [4.69, 9.17) is 4.42 Å². The number of rotatable bonds is 5. The van der Waals surface area contributed by atoms with Gasteiger partial charge in [0.15, 0.2) is 0 Å². The quantitative estimate of drug-likeness (QED) is 0.190. The van der Waals surface area contributed by atoms with Crippen LogP contribution >= 0.6 is 0 Å². The Morgan fingerprint density at radius 2 is 1.02 bits per heavy atom. The van der Waals surface area contributed by atoms with Crippen molar-refractivity contribution >= 4 is 71.6 Å². The normalized spacial score (nSPS) is 11.7. The fraction of sp³-hybridized carbons (Fsp3) is 0. The van der Waals surface area contributed by atoms with Crippen LogP contribution in [0.5, 0.6) is 0 Å². The molecule has 8 aromatic carbocycles. The zero-order valence-electron chi connectivity index (χ0n) is 26.6. The first-order valence-corrected chi connectivity index (χ1v) is 16.7. The van der Waals surface area contributed by atoms with E-state index in [1.165, 1.54) is 32.6 Å². The summed E-state index contributed by atoms with van der Waals surface area (Å²) in [4.78, 5) is 2.40. The van der Waals surface area contributed by atoms with Crippen molar-refractivity contribution in [3.8, 4) is 16.8 Å². The minimum atomic E-state index is 0.897. The van der Waals surface area contributed by atoms with E-state index in [0.29, 0.717) is 0 Å². The number of fused-ring (bicyclic) bond motifs is 7. The van der Waals surface area contributed by atoms with E-state index < -0.39 is 0 Å². The molecule has 49 heavy (non-hydrogen) atoms. The molecule has 0 saturated carbocycles. The third kappa shape index (κ3) is 4.37. The molecule has 0 fully saturated rings. The van der Waals surface area contributed by atoms with E-state index >= 15 is 0 Å². The first-order valence-electron chi connectivity index (χ1n) is 16.7. The summed E-state index contributed by atoms with van der Waals surface area (Å²) in [6.45, 7) is 0. The summed E-state index contributed by atoms with van der Waals surface area (Å²) >= 11 is 0. The topological polar surface area (TPSA) is 21.3 Å². The number of anilines is 3.